The van der Waals surface area contributed by atoms with Gasteiger partial charge < -0.3 is 0 Å². The minimum atomic E-state index is -3.44. The van der Waals surface area contributed by atoms with Gasteiger partial charge in [0.15, 0.2) is 4.21 Å². The lowest BCUT2D eigenvalue weighted by Gasteiger charge is -2.35. The van der Waals surface area contributed by atoms with Crippen LogP contribution < -0.4 is 4.72 Å². The van der Waals surface area contributed by atoms with E-state index in [1.165, 1.54) is 24.0 Å². The molecule has 0 radical (unpaired) electrons. The van der Waals surface area contributed by atoms with Gasteiger partial charge in [0.1, 0.15) is 0 Å². The van der Waals surface area contributed by atoms with E-state index >= 15 is 0 Å². The van der Waals surface area contributed by atoms with Gasteiger partial charge in [-0.25, -0.2) is 18.1 Å². The molecule has 0 bridgehead atoms. The zero-order valence-electron chi connectivity index (χ0n) is 11.0. The van der Waals surface area contributed by atoms with E-state index < -0.39 is 10.0 Å². The van der Waals surface area contributed by atoms with Gasteiger partial charge in [-0.05, 0) is 25.2 Å². The molecule has 7 heteroatoms. The Kier molecular flexibility index (Phi) is 4.87. The number of hydrogen-bond donors (Lipinski definition) is 1. The van der Waals surface area contributed by atoms with Crippen molar-refractivity contribution < 1.29 is 8.42 Å². The van der Waals surface area contributed by atoms with E-state index in [-0.39, 0.29) is 9.62 Å². The van der Waals surface area contributed by atoms with Crippen LogP contribution in [0.3, 0.4) is 0 Å². The van der Waals surface area contributed by atoms with Crippen LogP contribution >= 0.6 is 22.9 Å². The number of nitrogens with one attached hydrogen (secondary N) is 1. The van der Waals surface area contributed by atoms with Crippen LogP contribution in [0.4, 0.5) is 0 Å². The van der Waals surface area contributed by atoms with Crippen molar-refractivity contribution in [3.63, 3.8) is 0 Å². The van der Waals surface area contributed by atoms with Gasteiger partial charge in [0, 0.05) is 12.4 Å². The third-order valence-corrected chi connectivity index (χ3v) is 7.04. The summed E-state index contributed by atoms with van der Waals surface area (Å²) in [5, 5.41) is 0.755. The number of sulfonamides is 1. The van der Waals surface area contributed by atoms with Gasteiger partial charge in [0.25, 0.3) is 10.0 Å². The summed E-state index contributed by atoms with van der Waals surface area (Å²) in [7, 11) is -3.44. The number of aryl methyl sites for hydroxylation is 1. The van der Waals surface area contributed by atoms with Crippen LogP contribution in [-0.4, -0.2) is 25.8 Å². The molecule has 108 valence electrons. The first-order chi connectivity index (χ1) is 8.97. The molecule has 1 N–H and O–H groups in total. The molecule has 0 atom stereocenters. The van der Waals surface area contributed by atoms with Crippen LogP contribution in [0.15, 0.2) is 10.4 Å². The minimum Gasteiger partial charge on any atom is -0.249 e. The fourth-order valence-electron chi connectivity index (χ4n) is 2.44. The van der Waals surface area contributed by atoms with Crippen LogP contribution in [-0.2, 0) is 10.0 Å². The van der Waals surface area contributed by atoms with E-state index in [1.54, 1.807) is 6.92 Å². The molecule has 0 spiro atoms. The molecule has 4 nitrogen and oxygen atoms in total. The Morgan fingerprint density at radius 1 is 1.42 bits per heavy atom. The van der Waals surface area contributed by atoms with E-state index in [0.717, 1.165) is 30.7 Å². The van der Waals surface area contributed by atoms with E-state index in [1.807, 2.05) is 0 Å². The van der Waals surface area contributed by atoms with Crippen molar-refractivity contribution in [1.29, 1.82) is 0 Å². The van der Waals surface area contributed by atoms with Gasteiger partial charge in [0.05, 0.1) is 11.2 Å². The number of rotatable bonds is 5. The highest BCUT2D eigenvalue weighted by Crippen LogP contribution is 2.37. The van der Waals surface area contributed by atoms with Gasteiger partial charge >= 0.3 is 0 Å². The Morgan fingerprint density at radius 3 is 2.63 bits per heavy atom. The lowest BCUT2D eigenvalue weighted by molar-refractivity contribution is 0.224. The maximum absolute atomic E-state index is 12.2. The van der Waals surface area contributed by atoms with E-state index in [0.29, 0.717) is 12.4 Å². The summed E-state index contributed by atoms with van der Waals surface area (Å²) in [6.45, 7) is 2.22. The van der Waals surface area contributed by atoms with E-state index in [4.69, 9.17) is 11.6 Å². The molecule has 0 aliphatic heterocycles. The lowest BCUT2D eigenvalue weighted by Crippen LogP contribution is -2.40. The summed E-state index contributed by atoms with van der Waals surface area (Å²) in [5.74, 6) is 0.511. The van der Waals surface area contributed by atoms with E-state index in [2.05, 4.69) is 9.71 Å². The summed E-state index contributed by atoms with van der Waals surface area (Å²) in [4.78, 5) is 3.99. The molecule has 1 heterocycles. The van der Waals surface area contributed by atoms with Crippen LogP contribution in [0.5, 0.6) is 0 Å². The highest BCUT2D eigenvalue weighted by Gasteiger charge is 2.33. The quantitative estimate of drug-likeness (QED) is 0.848. The minimum absolute atomic E-state index is 0.0768. The standard InChI is InChI=1S/C12H19ClN2O2S2/c1-10-14-7-11(18-10)19(16,17)15-9-12(8-13)5-3-2-4-6-12/h7,15H,2-6,8-9H2,1H3. The molecule has 1 aromatic rings. The second-order valence-corrected chi connectivity index (χ2v) is 8.71. The molecule has 1 aliphatic carbocycles. The fraction of sp³-hybridized carbons (Fsp3) is 0.750. The summed E-state index contributed by atoms with van der Waals surface area (Å²) in [6, 6.07) is 0. The van der Waals surface area contributed by atoms with E-state index in [9.17, 15) is 8.42 Å². The van der Waals surface area contributed by atoms with Crippen molar-refractivity contribution in [2.45, 2.75) is 43.2 Å². The van der Waals surface area contributed by atoms with Crippen LogP contribution in [0, 0.1) is 12.3 Å². The number of thiazole rings is 1. The highest BCUT2D eigenvalue weighted by molar-refractivity contribution is 7.91. The van der Waals surface area contributed by atoms with Crippen LogP contribution in [0.1, 0.15) is 37.1 Å². The monoisotopic (exact) mass is 322 g/mol. The number of aromatic nitrogens is 1. The average molecular weight is 323 g/mol. The molecule has 0 unspecified atom stereocenters. The molecule has 1 aromatic heterocycles. The Balaban J connectivity index is 2.04. The van der Waals surface area contributed by atoms with Crippen molar-refractivity contribution in [2.75, 3.05) is 12.4 Å². The third-order valence-electron chi connectivity index (χ3n) is 3.70. The maximum Gasteiger partial charge on any atom is 0.251 e. The molecule has 0 amide bonds. The zero-order chi connectivity index (χ0) is 13.9. The van der Waals surface area contributed by atoms with Crippen molar-refractivity contribution in [1.82, 2.24) is 9.71 Å². The predicted molar refractivity (Wildman–Crippen MR) is 78.3 cm³/mol. The molecule has 0 saturated heterocycles. The molecule has 1 aliphatic rings. The SMILES string of the molecule is Cc1ncc(S(=O)(=O)NCC2(CCl)CCCCC2)s1. The topological polar surface area (TPSA) is 59.1 Å². The average Bonchev–Trinajstić information content (AvgIpc) is 2.85. The first-order valence-corrected chi connectivity index (χ1v) is 9.29. The molecule has 19 heavy (non-hydrogen) atoms. The molecule has 0 aromatic carbocycles. The molecule has 1 saturated carbocycles. The van der Waals surface area contributed by atoms with Crippen molar-refractivity contribution in [3.05, 3.63) is 11.2 Å². The summed E-state index contributed by atoms with van der Waals surface area (Å²) < 4.78 is 27.3. The summed E-state index contributed by atoms with van der Waals surface area (Å²) >= 11 is 7.26. The number of halogens is 1. The van der Waals surface area contributed by atoms with Gasteiger partial charge in [-0.15, -0.1) is 22.9 Å². The molecule has 1 fully saturated rings. The Hall–Kier alpha value is -0.170. The fourth-order valence-corrected chi connectivity index (χ4v) is 5.12. The van der Waals surface area contributed by atoms with Gasteiger partial charge in [-0.3, -0.25) is 0 Å². The van der Waals surface area contributed by atoms with Gasteiger partial charge in [0.2, 0.25) is 0 Å². The second-order valence-electron chi connectivity index (χ2n) is 5.22. The number of hydrogen-bond acceptors (Lipinski definition) is 4. The predicted octanol–water partition coefficient (Wildman–Crippen LogP) is 2.92. The Labute approximate surface area is 123 Å². The van der Waals surface area contributed by atoms with Crippen molar-refractivity contribution in [3.8, 4) is 0 Å². The van der Waals surface area contributed by atoms with Crippen LogP contribution in [0.2, 0.25) is 0 Å². The molecular formula is C12H19ClN2O2S2. The largest absolute Gasteiger partial charge is 0.251 e. The second kappa shape index (κ2) is 6.08. The number of nitrogens with zero attached hydrogens (tertiary/aromatic N) is 1. The summed E-state index contributed by atoms with van der Waals surface area (Å²) in [5.41, 5.74) is -0.0768. The maximum atomic E-state index is 12.2. The zero-order valence-corrected chi connectivity index (χ0v) is 13.4. The highest BCUT2D eigenvalue weighted by atomic mass is 35.5. The molecular weight excluding hydrogens is 304 g/mol. The first-order valence-electron chi connectivity index (χ1n) is 6.46. The van der Waals surface area contributed by atoms with Crippen molar-refractivity contribution in [2.24, 2.45) is 5.41 Å². The first kappa shape index (κ1) is 15.2. The smallest absolute Gasteiger partial charge is 0.249 e. The number of alkyl halides is 1. The lowest BCUT2D eigenvalue weighted by atomic mass is 9.76. The normalized spacial score (nSPS) is 19.5. The Bertz CT molecular complexity index is 522. The molecule has 2 rings (SSSR count). The third kappa shape index (κ3) is 3.68. The summed E-state index contributed by atoms with van der Waals surface area (Å²) in [6.07, 6.45) is 6.90. The van der Waals surface area contributed by atoms with Gasteiger partial charge in [-0.2, -0.15) is 0 Å². The van der Waals surface area contributed by atoms with Crippen LogP contribution in [0.25, 0.3) is 0 Å². The van der Waals surface area contributed by atoms with Gasteiger partial charge in [-0.1, -0.05) is 19.3 Å². The Morgan fingerprint density at radius 2 is 2.11 bits per heavy atom. The van der Waals surface area contributed by atoms with Crippen molar-refractivity contribution >= 4 is 33.0 Å².